The summed E-state index contributed by atoms with van der Waals surface area (Å²) in [5.74, 6) is 0.835. The van der Waals surface area contributed by atoms with E-state index in [0.717, 1.165) is 25.8 Å². The Labute approximate surface area is 140 Å². The molecule has 0 heterocycles. The summed E-state index contributed by atoms with van der Waals surface area (Å²) in [4.78, 5) is 0. The Morgan fingerprint density at radius 3 is 2.65 bits per heavy atom. The number of hydrogen-bond acceptors (Lipinski definition) is 2. The second-order valence-corrected chi connectivity index (χ2v) is 6.64. The van der Waals surface area contributed by atoms with Gasteiger partial charge in [0.15, 0.2) is 0 Å². The summed E-state index contributed by atoms with van der Waals surface area (Å²) in [7, 11) is 1.66. The maximum Gasteiger partial charge on any atom is 0.122 e. The highest BCUT2D eigenvalue weighted by atomic mass is 79.9. The SMILES string of the molecule is COc1ccc(Br)cc1CC(N)c1cc(Cl)ccc1Br. The Morgan fingerprint density at radius 1 is 1.20 bits per heavy atom. The minimum atomic E-state index is -0.161. The standard InChI is InChI=1S/C15H14Br2ClNO/c1-20-15-5-2-10(16)6-9(15)7-14(19)12-8-11(18)3-4-13(12)17/h2-6,8,14H,7,19H2,1H3. The van der Waals surface area contributed by atoms with E-state index in [2.05, 4.69) is 31.9 Å². The van der Waals surface area contributed by atoms with Crippen LogP contribution in [0.25, 0.3) is 0 Å². The van der Waals surface area contributed by atoms with Gasteiger partial charge in [0.2, 0.25) is 0 Å². The fraction of sp³-hybridized carbons (Fsp3) is 0.200. The molecule has 0 radical (unpaired) electrons. The average Bonchev–Trinajstić information content (AvgIpc) is 2.41. The molecule has 0 aliphatic heterocycles. The lowest BCUT2D eigenvalue weighted by atomic mass is 9.99. The number of hydrogen-bond donors (Lipinski definition) is 1. The Morgan fingerprint density at radius 2 is 1.95 bits per heavy atom. The molecule has 0 bridgehead atoms. The van der Waals surface area contributed by atoms with Crippen LogP contribution in [0.15, 0.2) is 45.3 Å². The minimum Gasteiger partial charge on any atom is -0.496 e. The first-order chi connectivity index (χ1) is 9.51. The zero-order chi connectivity index (χ0) is 14.7. The fourth-order valence-electron chi connectivity index (χ4n) is 2.05. The van der Waals surface area contributed by atoms with Crippen molar-refractivity contribution in [1.29, 1.82) is 0 Å². The van der Waals surface area contributed by atoms with Crippen molar-refractivity contribution in [1.82, 2.24) is 0 Å². The molecule has 0 amide bonds. The molecule has 106 valence electrons. The number of nitrogens with two attached hydrogens (primary N) is 1. The fourth-order valence-corrected chi connectivity index (χ4v) is 3.18. The van der Waals surface area contributed by atoms with Crippen LogP contribution in [0.1, 0.15) is 17.2 Å². The molecule has 0 spiro atoms. The van der Waals surface area contributed by atoms with E-state index in [1.165, 1.54) is 0 Å². The zero-order valence-corrected chi connectivity index (χ0v) is 14.8. The second-order valence-electron chi connectivity index (χ2n) is 4.43. The molecule has 2 nitrogen and oxygen atoms in total. The Hall–Kier alpha value is -0.550. The molecule has 2 aromatic rings. The van der Waals surface area contributed by atoms with Crippen molar-refractivity contribution >= 4 is 43.5 Å². The van der Waals surface area contributed by atoms with Crippen LogP contribution in [-0.4, -0.2) is 7.11 Å². The van der Waals surface area contributed by atoms with Crippen molar-refractivity contribution in [3.63, 3.8) is 0 Å². The summed E-state index contributed by atoms with van der Waals surface area (Å²) in [5.41, 5.74) is 8.35. The highest BCUT2D eigenvalue weighted by Gasteiger charge is 2.14. The Balaban J connectivity index is 2.29. The van der Waals surface area contributed by atoms with Gasteiger partial charge in [-0.05, 0) is 53.9 Å². The summed E-state index contributed by atoms with van der Waals surface area (Å²) < 4.78 is 7.34. The molecule has 0 aliphatic rings. The molecule has 0 aromatic heterocycles. The number of rotatable bonds is 4. The molecule has 0 saturated carbocycles. The van der Waals surface area contributed by atoms with Gasteiger partial charge in [0.1, 0.15) is 5.75 Å². The van der Waals surface area contributed by atoms with Gasteiger partial charge in [-0.15, -0.1) is 0 Å². The van der Waals surface area contributed by atoms with E-state index in [4.69, 9.17) is 22.1 Å². The first-order valence-corrected chi connectivity index (χ1v) is 8.00. The van der Waals surface area contributed by atoms with Crippen molar-refractivity contribution in [3.05, 3.63) is 61.5 Å². The third-order valence-corrected chi connectivity index (χ3v) is 4.49. The van der Waals surface area contributed by atoms with Crippen molar-refractivity contribution in [3.8, 4) is 5.75 Å². The third-order valence-electron chi connectivity index (χ3n) is 3.04. The lowest BCUT2D eigenvalue weighted by molar-refractivity contribution is 0.408. The predicted molar refractivity (Wildman–Crippen MR) is 90.5 cm³/mol. The summed E-state index contributed by atoms with van der Waals surface area (Å²) in [6.07, 6.45) is 0.668. The Kier molecular flexibility index (Phi) is 5.49. The molecule has 2 N–H and O–H groups in total. The van der Waals surface area contributed by atoms with E-state index in [-0.39, 0.29) is 6.04 Å². The maximum absolute atomic E-state index is 6.31. The van der Waals surface area contributed by atoms with Crippen molar-refractivity contribution < 1.29 is 4.74 Å². The molecule has 0 aliphatic carbocycles. The van der Waals surface area contributed by atoms with Crippen LogP contribution in [0, 0.1) is 0 Å². The van der Waals surface area contributed by atoms with E-state index < -0.39 is 0 Å². The van der Waals surface area contributed by atoms with Crippen LogP contribution in [0.3, 0.4) is 0 Å². The molecule has 1 atom stereocenters. The van der Waals surface area contributed by atoms with Crippen molar-refractivity contribution in [2.24, 2.45) is 5.73 Å². The normalized spacial score (nSPS) is 12.2. The average molecular weight is 420 g/mol. The number of benzene rings is 2. The minimum absolute atomic E-state index is 0.161. The molecule has 5 heteroatoms. The summed E-state index contributed by atoms with van der Waals surface area (Å²) in [5, 5.41) is 0.680. The van der Waals surface area contributed by atoms with E-state index in [1.54, 1.807) is 7.11 Å². The van der Waals surface area contributed by atoms with Gasteiger partial charge in [0.25, 0.3) is 0 Å². The smallest absolute Gasteiger partial charge is 0.122 e. The zero-order valence-electron chi connectivity index (χ0n) is 10.9. The van der Waals surface area contributed by atoms with Gasteiger partial charge in [-0.3, -0.25) is 0 Å². The molecular weight excluding hydrogens is 405 g/mol. The highest BCUT2D eigenvalue weighted by molar-refractivity contribution is 9.10. The largest absolute Gasteiger partial charge is 0.496 e. The lowest BCUT2D eigenvalue weighted by Gasteiger charge is -2.16. The first kappa shape index (κ1) is 15.8. The summed E-state index contributed by atoms with van der Waals surface area (Å²) in [6, 6.07) is 11.4. The number of halogens is 3. The Bertz CT molecular complexity index is 619. The second kappa shape index (κ2) is 6.94. The molecule has 20 heavy (non-hydrogen) atoms. The monoisotopic (exact) mass is 417 g/mol. The van der Waals surface area contributed by atoms with Gasteiger partial charge in [-0.25, -0.2) is 0 Å². The van der Waals surface area contributed by atoms with Gasteiger partial charge in [-0.1, -0.05) is 43.5 Å². The topological polar surface area (TPSA) is 35.2 Å². The van der Waals surface area contributed by atoms with Gasteiger partial charge >= 0.3 is 0 Å². The number of methoxy groups -OCH3 is 1. The van der Waals surface area contributed by atoms with Crippen molar-refractivity contribution in [2.75, 3.05) is 7.11 Å². The maximum atomic E-state index is 6.31. The van der Waals surface area contributed by atoms with Crippen LogP contribution in [-0.2, 0) is 6.42 Å². The van der Waals surface area contributed by atoms with Crippen molar-refractivity contribution in [2.45, 2.75) is 12.5 Å². The van der Waals surface area contributed by atoms with E-state index in [9.17, 15) is 0 Å². The molecule has 1 unspecified atom stereocenters. The van der Waals surface area contributed by atoms with Gasteiger partial charge in [0, 0.05) is 20.0 Å². The number of ether oxygens (including phenoxy) is 1. The van der Waals surface area contributed by atoms with Gasteiger partial charge in [-0.2, -0.15) is 0 Å². The first-order valence-electron chi connectivity index (χ1n) is 6.04. The summed E-state index contributed by atoms with van der Waals surface area (Å²) >= 11 is 13.0. The van der Waals surface area contributed by atoms with Crippen LogP contribution >= 0.6 is 43.5 Å². The van der Waals surface area contributed by atoms with E-state index in [0.29, 0.717) is 11.4 Å². The van der Waals surface area contributed by atoms with E-state index in [1.807, 2.05) is 36.4 Å². The van der Waals surface area contributed by atoms with Crippen LogP contribution in [0.5, 0.6) is 5.75 Å². The quantitative estimate of drug-likeness (QED) is 0.747. The summed E-state index contributed by atoms with van der Waals surface area (Å²) in [6.45, 7) is 0. The highest BCUT2D eigenvalue weighted by Crippen LogP contribution is 2.31. The van der Waals surface area contributed by atoms with E-state index >= 15 is 0 Å². The lowest BCUT2D eigenvalue weighted by Crippen LogP contribution is -2.14. The van der Waals surface area contributed by atoms with Crippen LogP contribution in [0.2, 0.25) is 5.02 Å². The van der Waals surface area contributed by atoms with Gasteiger partial charge < -0.3 is 10.5 Å². The van der Waals surface area contributed by atoms with Crippen LogP contribution in [0.4, 0.5) is 0 Å². The molecule has 0 saturated heterocycles. The molecular formula is C15H14Br2ClNO. The molecule has 0 fully saturated rings. The van der Waals surface area contributed by atoms with Gasteiger partial charge in [0.05, 0.1) is 7.11 Å². The molecule has 2 aromatic carbocycles. The predicted octanol–water partition coefficient (Wildman–Crippen LogP) is 5.12. The molecule has 2 rings (SSSR count). The third kappa shape index (κ3) is 3.76. The van der Waals surface area contributed by atoms with Crippen LogP contribution < -0.4 is 10.5 Å².